The molecular weight excluding hydrogens is 348 g/mol. The summed E-state index contributed by atoms with van der Waals surface area (Å²) in [6.45, 7) is 2.63. The van der Waals surface area contributed by atoms with Crippen LogP contribution >= 0.6 is 11.3 Å². The van der Waals surface area contributed by atoms with E-state index < -0.39 is 6.10 Å². The highest BCUT2D eigenvalue weighted by Crippen LogP contribution is 2.39. The van der Waals surface area contributed by atoms with Crippen LogP contribution in [-0.2, 0) is 22.4 Å². The summed E-state index contributed by atoms with van der Waals surface area (Å²) in [6.07, 6.45) is 4.16. The second kappa shape index (κ2) is 7.21. The van der Waals surface area contributed by atoms with Crippen molar-refractivity contribution < 1.29 is 14.3 Å². The summed E-state index contributed by atoms with van der Waals surface area (Å²) in [5.41, 5.74) is 3.61. The number of carbonyl (C=O) groups excluding carboxylic acids is 2. The van der Waals surface area contributed by atoms with Crippen molar-refractivity contribution in [1.29, 1.82) is 0 Å². The topological polar surface area (TPSA) is 67.4 Å². The zero-order chi connectivity index (χ0) is 18.1. The number of rotatable bonds is 4. The van der Waals surface area contributed by atoms with Crippen molar-refractivity contribution in [2.75, 3.05) is 17.2 Å². The quantitative estimate of drug-likeness (QED) is 0.857. The fourth-order valence-corrected chi connectivity index (χ4v) is 4.83. The Bertz CT molecular complexity index is 835. The van der Waals surface area contributed by atoms with Crippen molar-refractivity contribution in [2.24, 2.45) is 0 Å². The van der Waals surface area contributed by atoms with Crippen LogP contribution in [0.2, 0.25) is 0 Å². The molecule has 5 nitrogen and oxygen atoms in total. The number of thiophene rings is 1. The number of hydrogen-bond donors (Lipinski definition) is 2. The first-order chi connectivity index (χ1) is 12.6. The van der Waals surface area contributed by atoms with Gasteiger partial charge in [-0.25, -0.2) is 0 Å². The molecule has 1 saturated heterocycles. The maximum atomic E-state index is 13.0. The van der Waals surface area contributed by atoms with E-state index in [0.29, 0.717) is 17.2 Å². The smallest absolute Gasteiger partial charge is 0.258 e. The SMILES string of the molecule is Cc1ccc(NC(=O)c2c(NC(=O)[C@H]3CCCO3)sc3c2CCC3)cc1. The summed E-state index contributed by atoms with van der Waals surface area (Å²) in [6, 6.07) is 7.72. The van der Waals surface area contributed by atoms with Gasteiger partial charge >= 0.3 is 0 Å². The van der Waals surface area contributed by atoms with Crippen LogP contribution in [0.4, 0.5) is 10.7 Å². The van der Waals surface area contributed by atoms with Gasteiger partial charge in [-0.05, 0) is 56.7 Å². The van der Waals surface area contributed by atoms with Crippen LogP contribution in [0.15, 0.2) is 24.3 Å². The number of benzene rings is 1. The average molecular weight is 370 g/mol. The number of carbonyl (C=O) groups is 2. The Balaban J connectivity index is 1.58. The number of fused-ring (bicyclic) bond motifs is 1. The summed E-state index contributed by atoms with van der Waals surface area (Å²) >= 11 is 1.53. The van der Waals surface area contributed by atoms with Gasteiger partial charge in [0, 0.05) is 17.2 Å². The number of anilines is 2. The van der Waals surface area contributed by atoms with Crippen molar-refractivity contribution in [2.45, 2.75) is 45.1 Å². The summed E-state index contributed by atoms with van der Waals surface area (Å²) in [7, 11) is 0. The van der Waals surface area contributed by atoms with E-state index in [4.69, 9.17) is 4.74 Å². The van der Waals surface area contributed by atoms with Gasteiger partial charge in [0.1, 0.15) is 11.1 Å². The van der Waals surface area contributed by atoms with Crippen molar-refractivity contribution in [1.82, 2.24) is 0 Å². The highest BCUT2D eigenvalue weighted by molar-refractivity contribution is 7.17. The van der Waals surface area contributed by atoms with Crippen LogP contribution in [-0.4, -0.2) is 24.5 Å². The number of aryl methyl sites for hydroxylation is 2. The number of hydrogen-bond acceptors (Lipinski definition) is 4. The zero-order valence-electron chi connectivity index (χ0n) is 14.8. The zero-order valence-corrected chi connectivity index (χ0v) is 15.6. The molecule has 2 aromatic rings. The van der Waals surface area contributed by atoms with Gasteiger partial charge in [-0.1, -0.05) is 17.7 Å². The van der Waals surface area contributed by atoms with Gasteiger partial charge in [0.15, 0.2) is 0 Å². The van der Waals surface area contributed by atoms with Crippen LogP contribution in [0.1, 0.15) is 45.6 Å². The van der Waals surface area contributed by atoms with Crippen molar-refractivity contribution >= 4 is 33.8 Å². The summed E-state index contributed by atoms with van der Waals surface area (Å²) in [4.78, 5) is 26.6. The molecular formula is C20H22N2O3S. The van der Waals surface area contributed by atoms with Gasteiger partial charge < -0.3 is 15.4 Å². The van der Waals surface area contributed by atoms with E-state index in [9.17, 15) is 9.59 Å². The molecule has 1 aliphatic heterocycles. The Hall–Kier alpha value is -2.18. The molecule has 1 aliphatic carbocycles. The molecule has 0 radical (unpaired) electrons. The van der Waals surface area contributed by atoms with Gasteiger partial charge in [0.2, 0.25) is 0 Å². The number of ether oxygens (including phenoxy) is 1. The first kappa shape index (κ1) is 17.2. The Morgan fingerprint density at radius 1 is 1.12 bits per heavy atom. The Morgan fingerprint density at radius 3 is 2.65 bits per heavy atom. The Labute approximate surface area is 156 Å². The first-order valence-corrected chi connectivity index (χ1v) is 9.88. The predicted octanol–water partition coefficient (Wildman–Crippen LogP) is 3.92. The first-order valence-electron chi connectivity index (χ1n) is 9.07. The lowest BCUT2D eigenvalue weighted by atomic mass is 10.1. The highest BCUT2D eigenvalue weighted by atomic mass is 32.1. The fourth-order valence-electron chi connectivity index (χ4n) is 3.54. The van der Waals surface area contributed by atoms with E-state index in [-0.39, 0.29) is 11.8 Å². The second-order valence-electron chi connectivity index (χ2n) is 6.87. The minimum Gasteiger partial charge on any atom is -0.368 e. The molecule has 0 saturated carbocycles. The molecule has 2 N–H and O–H groups in total. The van der Waals surface area contributed by atoms with E-state index in [0.717, 1.165) is 48.9 Å². The normalized spacial score (nSPS) is 18.6. The summed E-state index contributed by atoms with van der Waals surface area (Å²) < 4.78 is 5.46. The van der Waals surface area contributed by atoms with Gasteiger partial charge in [-0.15, -0.1) is 11.3 Å². The largest absolute Gasteiger partial charge is 0.368 e. The monoisotopic (exact) mass is 370 g/mol. The van der Waals surface area contributed by atoms with E-state index in [1.54, 1.807) is 0 Å². The minimum absolute atomic E-state index is 0.146. The third-order valence-electron chi connectivity index (χ3n) is 4.92. The fraction of sp³-hybridized carbons (Fsp3) is 0.400. The molecule has 0 spiro atoms. The molecule has 1 atom stereocenters. The second-order valence-corrected chi connectivity index (χ2v) is 7.98. The molecule has 1 aromatic heterocycles. The van der Waals surface area contributed by atoms with E-state index in [1.165, 1.54) is 16.2 Å². The molecule has 1 aromatic carbocycles. The maximum Gasteiger partial charge on any atom is 0.258 e. The van der Waals surface area contributed by atoms with Crippen molar-refractivity contribution in [3.05, 3.63) is 45.8 Å². The van der Waals surface area contributed by atoms with Crippen LogP contribution in [0.3, 0.4) is 0 Å². The molecule has 2 amide bonds. The van der Waals surface area contributed by atoms with Crippen LogP contribution in [0.5, 0.6) is 0 Å². The third-order valence-corrected chi connectivity index (χ3v) is 6.12. The Kier molecular flexibility index (Phi) is 4.78. The lowest BCUT2D eigenvalue weighted by molar-refractivity contribution is -0.124. The van der Waals surface area contributed by atoms with Gasteiger partial charge in [-0.2, -0.15) is 0 Å². The number of nitrogens with one attached hydrogen (secondary N) is 2. The molecule has 4 rings (SSSR count). The van der Waals surface area contributed by atoms with E-state index >= 15 is 0 Å². The van der Waals surface area contributed by atoms with E-state index in [2.05, 4.69) is 10.6 Å². The van der Waals surface area contributed by atoms with Gasteiger partial charge in [0.05, 0.1) is 5.56 Å². The summed E-state index contributed by atoms with van der Waals surface area (Å²) in [5, 5.41) is 6.57. The lowest BCUT2D eigenvalue weighted by Crippen LogP contribution is -2.27. The summed E-state index contributed by atoms with van der Waals surface area (Å²) in [5.74, 6) is -0.303. The molecule has 1 fully saturated rings. The molecule has 6 heteroatoms. The van der Waals surface area contributed by atoms with Crippen molar-refractivity contribution in [3.63, 3.8) is 0 Å². The van der Waals surface area contributed by atoms with E-state index in [1.807, 2.05) is 31.2 Å². The Morgan fingerprint density at radius 2 is 1.92 bits per heavy atom. The molecule has 26 heavy (non-hydrogen) atoms. The van der Waals surface area contributed by atoms with Crippen LogP contribution in [0.25, 0.3) is 0 Å². The molecule has 136 valence electrons. The highest BCUT2D eigenvalue weighted by Gasteiger charge is 2.30. The standard InChI is InChI=1S/C20H22N2O3S/c1-12-7-9-13(10-8-12)21-19(24)17-14-4-2-6-16(14)26-20(17)22-18(23)15-5-3-11-25-15/h7-10,15H,2-6,11H2,1H3,(H,21,24)(H,22,23)/t15-/m1/s1. The lowest BCUT2D eigenvalue weighted by Gasteiger charge is -2.12. The molecule has 0 bridgehead atoms. The minimum atomic E-state index is -0.403. The van der Waals surface area contributed by atoms with Gasteiger partial charge in [-0.3, -0.25) is 9.59 Å². The van der Waals surface area contributed by atoms with Crippen LogP contribution in [0, 0.1) is 6.92 Å². The molecule has 0 unspecified atom stereocenters. The number of amides is 2. The van der Waals surface area contributed by atoms with Gasteiger partial charge in [0.25, 0.3) is 11.8 Å². The molecule has 2 heterocycles. The average Bonchev–Trinajstić information content (AvgIpc) is 3.33. The van der Waals surface area contributed by atoms with Crippen LogP contribution < -0.4 is 10.6 Å². The maximum absolute atomic E-state index is 13.0. The molecule has 2 aliphatic rings. The predicted molar refractivity (Wildman–Crippen MR) is 103 cm³/mol. The van der Waals surface area contributed by atoms with Crippen molar-refractivity contribution in [3.8, 4) is 0 Å². The third kappa shape index (κ3) is 3.39.